The Balaban J connectivity index is -0.000000144. The molecule has 0 radical (unpaired) electrons. The number of benzene rings is 2. The van der Waals surface area contributed by atoms with Crippen LogP contribution in [-0.2, 0) is 16.6 Å². The van der Waals surface area contributed by atoms with Crippen molar-refractivity contribution < 1.29 is 37.7 Å². The van der Waals surface area contributed by atoms with Crippen LogP contribution in [0.1, 0.15) is 39.3 Å². The summed E-state index contributed by atoms with van der Waals surface area (Å²) in [5, 5.41) is 4.59. The Hall–Kier alpha value is -4.20. The van der Waals surface area contributed by atoms with Crippen molar-refractivity contribution in [1.29, 1.82) is 0 Å². The summed E-state index contributed by atoms with van der Waals surface area (Å²) in [5.41, 5.74) is 14.6. The van der Waals surface area contributed by atoms with Gasteiger partial charge in [-0.25, -0.2) is 9.97 Å². The Kier molecular flexibility index (Phi) is 5.25. The van der Waals surface area contributed by atoms with Gasteiger partial charge in [0, 0.05) is 89.9 Å². The first-order valence-electron chi connectivity index (χ1n) is 20.6. The number of hydrogen-bond donors (Lipinski definition) is 2. The average molecular weight is 546 g/mol. The molecule has 4 rings (SSSR count). The highest BCUT2D eigenvalue weighted by atomic mass is 16.2. The molecule has 4 aromatic rings. The van der Waals surface area contributed by atoms with Crippen LogP contribution >= 0.6 is 0 Å². The monoisotopic (exact) mass is 546 g/mol. The number of fused-ring (bicyclic) bond motifs is 1. The maximum Gasteiger partial charge on any atom is 0.373 e. The fraction of sp³-hybridized carbons (Fsp3) is 0.296. The summed E-state index contributed by atoms with van der Waals surface area (Å²) in [5.74, 6) is 0.550. The molecule has 2 aromatic heterocycles. The van der Waals surface area contributed by atoms with Crippen molar-refractivity contribution in [3.63, 3.8) is 0 Å². The smallest absolute Gasteiger partial charge is 0.373 e. The predicted molar refractivity (Wildman–Crippen MR) is 166 cm³/mol. The molecule has 0 saturated carbocycles. The Morgan fingerprint density at radius 1 is 1.11 bits per heavy atom. The molecule has 2 aromatic carbocycles. The molecule has 0 saturated heterocycles. The lowest BCUT2D eigenvalue weighted by Gasteiger charge is -2.24. The number of hydrogen-bond acceptors (Lipinski definition) is 8. The van der Waals surface area contributed by atoms with E-state index in [2.05, 4.69) is 97.2 Å². The molecule has 9 nitrogen and oxygen atoms in total. The summed E-state index contributed by atoms with van der Waals surface area (Å²) in [4.78, 5) is 29.9. The summed E-state index contributed by atoms with van der Waals surface area (Å²) in [6, 6.07) is 12.4. The SMILES string of the molecule is Cc1cc(N(C)CCN(C)C)c(N)cc1Nc1nccc(-c2cn(C)c3cccc(C)c23)n1.O=C=O.[3HH].[3H][3H].[3H][3H].[3H][3H].[3H][3H].[3H][3H].[3H][3H].[3H][3H].[3H][3H].[3H][3H]. The van der Waals surface area contributed by atoms with Crippen LogP contribution in [0.3, 0.4) is 0 Å². The van der Waals surface area contributed by atoms with Crippen LogP contribution in [0.15, 0.2) is 48.8 Å². The quantitative estimate of drug-likeness (QED) is 0.255. The van der Waals surface area contributed by atoms with E-state index in [4.69, 9.17) is 47.0 Å². The van der Waals surface area contributed by atoms with E-state index in [9.17, 15) is 0 Å². The number of rotatable bonds is 7. The Bertz CT molecular complexity index is 1440. The van der Waals surface area contributed by atoms with Gasteiger partial charge in [0.1, 0.15) is 0 Å². The van der Waals surface area contributed by atoms with Gasteiger partial charge < -0.3 is 25.4 Å². The second-order valence-electron chi connectivity index (χ2n) is 9.05. The van der Waals surface area contributed by atoms with E-state index in [0.29, 0.717) is 5.95 Å². The first kappa shape index (κ1) is 16.5. The van der Waals surface area contributed by atoms with Crippen molar-refractivity contribution in [1.82, 2.24) is 19.4 Å². The van der Waals surface area contributed by atoms with E-state index in [1.165, 1.54) is 16.5 Å². The molecule has 0 aliphatic heterocycles. The zero-order valence-electron chi connectivity index (χ0n) is 39.7. The van der Waals surface area contributed by atoms with Gasteiger partial charge in [0.05, 0.1) is 17.1 Å². The lowest BCUT2D eigenvalue weighted by atomic mass is 10.1. The highest BCUT2D eigenvalue weighted by Crippen LogP contribution is 2.33. The molecule has 9 heteroatoms. The van der Waals surface area contributed by atoms with Crippen LogP contribution in [0.4, 0.5) is 23.0 Å². The maximum atomic E-state index is 8.12. The van der Waals surface area contributed by atoms with Crippen molar-refractivity contribution in [2.75, 3.05) is 50.2 Å². The van der Waals surface area contributed by atoms with Gasteiger partial charge in [-0.05, 0) is 63.3 Å². The van der Waals surface area contributed by atoms with Crippen molar-refractivity contribution in [2.24, 2.45) is 7.05 Å². The van der Waals surface area contributed by atoms with E-state index >= 15 is 0 Å². The number of likely N-dealkylation sites (N-methyl/N-ethyl adjacent to an activating group) is 2. The van der Waals surface area contributed by atoms with E-state index in [1.807, 2.05) is 12.1 Å². The van der Waals surface area contributed by atoms with Crippen LogP contribution in [0.5, 0.6) is 0 Å². The van der Waals surface area contributed by atoms with Gasteiger partial charge in [0.2, 0.25) is 5.95 Å². The molecule has 0 aliphatic rings. The molecule has 0 atom stereocenters. The molecule has 0 aliphatic carbocycles. The fourth-order valence-corrected chi connectivity index (χ4v) is 4.15. The number of nitrogens with one attached hydrogen (secondary N) is 1. The molecular weight excluding hydrogens is 454 g/mol. The Morgan fingerprint density at radius 3 is 2.53 bits per heavy atom. The third-order valence-corrected chi connectivity index (χ3v) is 6.07. The van der Waals surface area contributed by atoms with E-state index in [0.717, 1.165) is 47.0 Å². The largest absolute Gasteiger partial charge is 0.397 e. The van der Waals surface area contributed by atoms with Crippen molar-refractivity contribution in [2.45, 2.75) is 13.8 Å². The van der Waals surface area contributed by atoms with Crippen LogP contribution in [0.2, 0.25) is 0 Å². The van der Waals surface area contributed by atoms with Crippen LogP contribution in [-0.4, -0.2) is 59.8 Å². The third-order valence-electron chi connectivity index (χ3n) is 6.07. The first-order valence-corrected chi connectivity index (χ1v) is 11.6. The molecule has 0 spiro atoms. The van der Waals surface area contributed by atoms with Gasteiger partial charge in [-0.1, -0.05) is 12.1 Å². The fourth-order valence-electron chi connectivity index (χ4n) is 4.15. The second kappa shape index (κ2) is 11.5. The molecular formula is C27H53N7O2. The van der Waals surface area contributed by atoms with Gasteiger partial charge in [0.15, 0.2) is 0 Å². The minimum atomic E-state index is 0. The zero-order chi connectivity index (χ0) is 44.4. The van der Waals surface area contributed by atoms with Gasteiger partial charge in [-0.15, -0.1) is 0 Å². The summed E-state index contributed by atoms with van der Waals surface area (Å²) in [6.45, 7) is 6.07. The maximum absolute atomic E-state index is 8.12. The van der Waals surface area contributed by atoms with Gasteiger partial charge in [-0.2, -0.15) is 9.59 Å². The number of nitrogen functional groups attached to an aromatic ring is 1. The number of anilines is 4. The minimum Gasteiger partial charge on any atom is -0.397 e. The zero-order valence-corrected chi connectivity index (χ0v) is 21.7. The van der Waals surface area contributed by atoms with Crippen LogP contribution in [0.25, 0.3) is 22.2 Å². The molecule has 0 fully saturated rings. The highest BCUT2D eigenvalue weighted by Gasteiger charge is 2.14. The summed E-state index contributed by atoms with van der Waals surface area (Å²) >= 11 is 0. The molecule has 0 unspecified atom stereocenters. The third kappa shape index (κ3) is 5.89. The number of nitrogens with two attached hydrogens (primary N) is 1. The number of aromatic nitrogens is 3. The van der Waals surface area contributed by atoms with Gasteiger partial charge in [0.25, 0.3) is 0 Å². The van der Waals surface area contributed by atoms with Crippen molar-refractivity contribution in [3.05, 3.63) is 59.9 Å². The summed E-state index contributed by atoms with van der Waals surface area (Å²) < 4.78 is 92.1. The molecule has 2 heterocycles. The summed E-state index contributed by atoms with van der Waals surface area (Å²) in [7, 11) is 8.28. The van der Waals surface area contributed by atoms with E-state index in [-0.39, 0.29) is 7.58 Å². The molecule has 3 N–H and O–H groups in total. The average Bonchev–Trinajstić information content (AvgIpc) is 3.59. The van der Waals surface area contributed by atoms with Crippen LogP contribution in [0, 0.1) is 13.8 Å². The van der Waals surface area contributed by atoms with Crippen molar-refractivity contribution >= 4 is 40.1 Å². The number of carbonyl (C=O) groups excluding carboxylic acids is 2. The molecule has 0 bridgehead atoms. The first-order chi connectivity index (χ1) is 26.2. The Morgan fingerprint density at radius 2 is 1.83 bits per heavy atom. The Labute approximate surface area is 240 Å². The molecule has 208 valence electrons. The standard InChI is InChI=1S/C26H33N7.CO2.10H2/c1-17-8-7-9-23-25(17)19(16-33(23)6)21-10-11-28-26(29-21)30-22-15-20(27)24(14-18(22)2)32(5)13-12-31(3)4;2-1-3;;;;;;;;;;/h7-11,14-16H,12-13,27H2,1-6H3,(H,28,29,30);;10*1H/i;;9*1+2T;1+2. The second-order valence-corrected chi connectivity index (χ2v) is 9.05. The molecule has 0 amide bonds. The topological polar surface area (TPSA) is 109 Å². The van der Waals surface area contributed by atoms with E-state index in [1.54, 1.807) is 6.20 Å². The normalized spacial score (nSPS) is 12.6. The number of aryl methyl sites for hydroxylation is 3. The summed E-state index contributed by atoms with van der Waals surface area (Å²) in [6.07, 6.45) is 4.18. The highest BCUT2D eigenvalue weighted by molar-refractivity contribution is 5.97. The predicted octanol–water partition coefficient (Wildman–Crippen LogP) is 6.45. The minimum absolute atomic E-state index is 0. The van der Waals surface area contributed by atoms with E-state index < -0.39 is 0 Å². The number of nitrogens with zero attached hydrogens (tertiary/aromatic N) is 5. The molecule has 36 heavy (non-hydrogen) atoms. The van der Waals surface area contributed by atoms with Gasteiger partial charge in [-0.3, -0.25) is 0 Å². The lowest BCUT2D eigenvalue weighted by molar-refractivity contribution is -0.191. The van der Waals surface area contributed by atoms with Crippen molar-refractivity contribution in [3.8, 4) is 11.3 Å². The van der Waals surface area contributed by atoms with Crippen LogP contribution < -0.4 is 16.0 Å². The van der Waals surface area contributed by atoms with Gasteiger partial charge >= 0.3 is 6.15 Å². The lowest BCUT2D eigenvalue weighted by Crippen LogP contribution is -2.29.